The second-order valence-electron chi connectivity index (χ2n) is 7.73. The third-order valence-electron chi connectivity index (χ3n) is 5.74. The zero-order chi connectivity index (χ0) is 21.6. The molecule has 0 spiro atoms. The zero-order valence-electron chi connectivity index (χ0n) is 18.0. The summed E-state index contributed by atoms with van der Waals surface area (Å²) in [5, 5.41) is 0. The third kappa shape index (κ3) is 4.85. The molecule has 1 unspecified atom stereocenters. The van der Waals surface area contributed by atoms with Gasteiger partial charge in [-0.25, -0.2) is 0 Å². The average Bonchev–Trinajstić information content (AvgIpc) is 2.84. The second-order valence-corrected chi connectivity index (χ2v) is 7.73. The van der Waals surface area contributed by atoms with Crippen molar-refractivity contribution in [3.63, 3.8) is 0 Å². The van der Waals surface area contributed by atoms with Crippen LogP contribution in [0.3, 0.4) is 0 Å². The molecule has 1 amide bonds. The summed E-state index contributed by atoms with van der Waals surface area (Å²) >= 11 is 0. The predicted octanol–water partition coefficient (Wildman–Crippen LogP) is 4.11. The Balaban J connectivity index is 1.51. The summed E-state index contributed by atoms with van der Waals surface area (Å²) in [6.45, 7) is 1.44. The van der Waals surface area contributed by atoms with E-state index in [1.807, 2.05) is 53.4 Å². The van der Waals surface area contributed by atoms with Gasteiger partial charge in [-0.15, -0.1) is 0 Å². The molecule has 2 aromatic carbocycles. The zero-order valence-corrected chi connectivity index (χ0v) is 18.0. The molecule has 1 aliphatic rings. The fourth-order valence-electron chi connectivity index (χ4n) is 4.10. The minimum Gasteiger partial charge on any atom is -0.497 e. The molecule has 0 bridgehead atoms. The van der Waals surface area contributed by atoms with Crippen molar-refractivity contribution in [1.29, 1.82) is 0 Å². The lowest BCUT2D eigenvalue weighted by molar-refractivity contribution is -0.131. The van der Waals surface area contributed by atoms with Crippen LogP contribution in [0, 0.1) is 0 Å². The van der Waals surface area contributed by atoms with Gasteiger partial charge >= 0.3 is 0 Å². The van der Waals surface area contributed by atoms with Crippen molar-refractivity contribution in [3.8, 4) is 22.8 Å². The largest absolute Gasteiger partial charge is 0.497 e. The first kappa shape index (κ1) is 20.8. The normalized spacial score (nSPS) is 16.1. The van der Waals surface area contributed by atoms with Gasteiger partial charge in [0.05, 0.1) is 32.0 Å². The van der Waals surface area contributed by atoms with Gasteiger partial charge in [0.25, 0.3) is 0 Å². The van der Waals surface area contributed by atoms with Crippen LogP contribution < -0.4 is 9.47 Å². The minimum absolute atomic E-state index is 0.140. The van der Waals surface area contributed by atoms with E-state index >= 15 is 0 Å². The number of likely N-dealkylation sites (tertiary alicyclic amines) is 1. The number of nitrogens with zero attached hydrogens (tertiary/aromatic N) is 3. The van der Waals surface area contributed by atoms with E-state index in [1.165, 1.54) is 0 Å². The molecule has 6 heteroatoms. The molecule has 4 rings (SSSR count). The fraction of sp³-hybridized carbons (Fsp3) is 0.320. The lowest BCUT2D eigenvalue weighted by atomic mass is 9.91. The van der Waals surface area contributed by atoms with Crippen LogP contribution in [0.4, 0.5) is 0 Å². The number of methoxy groups -OCH3 is 2. The summed E-state index contributed by atoms with van der Waals surface area (Å²) in [7, 11) is 3.30. The van der Waals surface area contributed by atoms with Gasteiger partial charge in [0.15, 0.2) is 0 Å². The average molecular weight is 418 g/mol. The first-order valence-electron chi connectivity index (χ1n) is 10.5. The summed E-state index contributed by atoms with van der Waals surface area (Å²) in [5.41, 5.74) is 3.77. The molecule has 1 aromatic heterocycles. The topological polar surface area (TPSA) is 64.5 Å². The summed E-state index contributed by atoms with van der Waals surface area (Å²) < 4.78 is 10.6. The third-order valence-corrected chi connectivity index (χ3v) is 5.74. The van der Waals surface area contributed by atoms with Gasteiger partial charge in [0, 0.05) is 37.0 Å². The Hall–Kier alpha value is -3.41. The highest BCUT2D eigenvalue weighted by molar-refractivity contribution is 5.79. The quantitative estimate of drug-likeness (QED) is 0.604. The number of ether oxygens (including phenoxy) is 2. The number of piperidine rings is 1. The van der Waals surface area contributed by atoms with Crippen molar-refractivity contribution in [3.05, 3.63) is 72.2 Å². The number of amides is 1. The van der Waals surface area contributed by atoms with E-state index in [9.17, 15) is 4.79 Å². The Morgan fingerprint density at radius 1 is 1.03 bits per heavy atom. The van der Waals surface area contributed by atoms with Crippen LogP contribution >= 0.6 is 0 Å². The molecular weight excluding hydrogens is 390 g/mol. The number of carbonyl (C=O) groups is 1. The van der Waals surface area contributed by atoms with Crippen molar-refractivity contribution in [1.82, 2.24) is 14.9 Å². The van der Waals surface area contributed by atoms with Gasteiger partial charge in [-0.2, -0.15) is 0 Å². The van der Waals surface area contributed by atoms with Crippen LogP contribution in [-0.2, 0) is 11.2 Å². The Morgan fingerprint density at radius 2 is 1.81 bits per heavy atom. The molecule has 0 radical (unpaired) electrons. The van der Waals surface area contributed by atoms with E-state index < -0.39 is 0 Å². The molecule has 160 valence electrons. The van der Waals surface area contributed by atoms with Gasteiger partial charge < -0.3 is 14.4 Å². The molecule has 6 nitrogen and oxygen atoms in total. The van der Waals surface area contributed by atoms with E-state index in [4.69, 9.17) is 9.47 Å². The summed E-state index contributed by atoms with van der Waals surface area (Å²) in [6, 6.07) is 15.5. The van der Waals surface area contributed by atoms with Crippen LogP contribution in [0.5, 0.6) is 11.5 Å². The molecule has 31 heavy (non-hydrogen) atoms. The van der Waals surface area contributed by atoms with E-state index in [0.717, 1.165) is 53.4 Å². The number of aromatic nitrogens is 2. The smallest absolute Gasteiger partial charge is 0.227 e. The molecular formula is C25H27N3O3. The van der Waals surface area contributed by atoms with Gasteiger partial charge in [-0.3, -0.25) is 14.8 Å². The second kappa shape index (κ2) is 9.60. The molecule has 0 saturated carbocycles. The first-order valence-corrected chi connectivity index (χ1v) is 10.5. The monoisotopic (exact) mass is 417 g/mol. The van der Waals surface area contributed by atoms with E-state index in [2.05, 4.69) is 9.97 Å². The Morgan fingerprint density at radius 3 is 2.58 bits per heavy atom. The van der Waals surface area contributed by atoms with Crippen LogP contribution in [-0.4, -0.2) is 48.1 Å². The van der Waals surface area contributed by atoms with Gasteiger partial charge in [-0.05, 0) is 42.7 Å². The molecule has 0 N–H and O–H groups in total. The number of benzene rings is 2. The van der Waals surface area contributed by atoms with Gasteiger partial charge in [0.1, 0.15) is 11.5 Å². The fourth-order valence-corrected chi connectivity index (χ4v) is 4.10. The van der Waals surface area contributed by atoms with Gasteiger partial charge in [-0.1, -0.05) is 24.3 Å². The highest BCUT2D eigenvalue weighted by Gasteiger charge is 2.28. The summed E-state index contributed by atoms with van der Waals surface area (Å²) in [4.78, 5) is 24.2. The lowest BCUT2D eigenvalue weighted by Gasteiger charge is -2.33. The Bertz CT molecular complexity index is 1040. The van der Waals surface area contributed by atoms with Crippen molar-refractivity contribution < 1.29 is 14.3 Å². The standard InChI is InChI=1S/C25H27N3O3/c1-30-21-10-8-18(9-11-21)15-23(29)28-14-4-6-20(17-28)25-24(26-12-13-27-25)19-5-3-7-22(16-19)31-2/h3,5,7-13,16,20H,4,6,14-15,17H2,1-2H3. The number of carbonyl (C=O) groups excluding carboxylic acids is 1. The molecule has 1 saturated heterocycles. The Labute approximate surface area is 182 Å². The van der Waals surface area contributed by atoms with Gasteiger partial charge in [0.2, 0.25) is 5.91 Å². The van der Waals surface area contributed by atoms with E-state index in [0.29, 0.717) is 13.0 Å². The number of rotatable bonds is 6. The molecule has 1 fully saturated rings. The lowest BCUT2D eigenvalue weighted by Crippen LogP contribution is -2.40. The summed E-state index contributed by atoms with van der Waals surface area (Å²) in [5.74, 6) is 1.88. The number of hydrogen-bond donors (Lipinski definition) is 0. The Kier molecular flexibility index (Phi) is 6.46. The molecule has 1 atom stereocenters. The maximum absolute atomic E-state index is 13.0. The van der Waals surface area contributed by atoms with Crippen molar-refractivity contribution >= 4 is 5.91 Å². The minimum atomic E-state index is 0.140. The van der Waals surface area contributed by atoms with Crippen molar-refractivity contribution in [2.75, 3.05) is 27.3 Å². The maximum atomic E-state index is 13.0. The molecule has 1 aliphatic heterocycles. The van der Waals surface area contributed by atoms with Crippen LogP contribution in [0.2, 0.25) is 0 Å². The molecule has 3 aromatic rings. The maximum Gasteiger partial charge on any atom is 0.227 e. The van der Waals surface area contributed by atoms with Crippen LogP contribution in [0.1, 0.15) is 30.0 Å². The highest BCUT2D eigenvalue weighted by atomic mass is 16.5. The van der Waals surface area contributed by atoms with E-state index in [-0.39, 0.29) is 11.8 Å². The van der Waals surface area contributed by atoms with Crippen molar-refractivity contribution in [2.24, 2.45) is 0 Å². The van der Waals surface area contributed by atoms with E-state index in [1.54, 1.807) is 26.6 Å². The predicted molar refractivity (Wildman–Crippen MR) is 119 cm³/mol. The highest BCUT2D eigenvalue weighted by Crippen LogP contribution is 2.33. The van der Waals surface area contributed by atoms with Crippen LogP contribution in [0.25, 0.3) is 11.3 Å². The number of hydrogen-bond acceptors (Lipinski definition) is 5. The molecule has 0 aliphatic carbocycles. The van der Waals surface area contributed by atoms with Crippen LogP contribution in [0.15, 0.2) is 60.9 Å². The summed E-state index contributed by atoms with van der Waals surface area (Å²) in [6.07, 6.45) is 5.78. The first-order chi connectivity index (χ1) is 15.2. The SMILES string of the molecule is COc1ccc(CC(=O)N2CCCC(c3nccnc3-c3cccc(OC)c3)C2)cc1. The van der Waals surface area contributed by atoms with Crippen molar-refractivity contribution in [2.45, 2.75) is 25.2 Å². The molecule has 2 heterocycles.